The predicted octanol–water partition coefficient (Wildman–Crippen LogP) is 5.47. The Labute approximate surface area is 142 Å². The number of carbonyl (C=O) groups is 1. The molecule has 0 spiro atoms. The number of rotatable bonds is 1. The maximum Gasteiger partial charge on any atom is 0.415 e. The molecule has 1 heterocycles. The van der Waals surface area contributed by atoms with Crippen molar-refractivity contribution in [2.45, 2.75) is 66.0 Å². The highest BCUT2D eigenvalue weighted by atomic mass is 79.9. The summed E-state index contributed by atoms with van der Waals surface area (Å²) in [5.74, 6) is 0.392. The third-order valence-corrected chi connectivity index (χ3v) is 4.44. The summed E-state index contributed by atoms with van der Waals surface area (Å²) in [6.07, 6.45) is 1.73. The van der Waals surface area contributed by atoms with Crippen LogP contribution in [0.2, 0.25) is 0 Å². The van der Waals surface area contributed by atoms with E-state index >= 15 is 0 Å². The third-order valence-electron chi connectivity index (χ3n) is 3.99. The van der Waals surface area contributed by atoms with E-state index in [0.29, 0.717) is 5.92 Å². The third kappa shape index (κ3) is 3.65. The maximum atomic E-state index is 12.8. The van der Waals surface area contributed by atoms with Gasteiger partial charge >= 0.3 is 6.09 Å². The lowest BCUT2D eigenvalue weighted by Crippen LogP contribution is -2.49. The van der Waals surface area contributed by atoms with Crippen LogP contribution in [0.1, 0.15) is 52.2 Å². The van der Waals surface area contributed by atoms with Gasteiger partial charge in [-0.15, -0.1) is 0 Å². The molecule has 1 aromatic carbocycles. The largest absolute Gasteiger partial charge is 0.443 e. The minimum atomic E-state index is -0.487. The first-order valence-corrected chi connectivity index (χ1v) is 8.70. The van der Waals surface area contributed by atoms with Crippen molar-refractivity contribution in [3.8, 4) is 0 Å². The van der Waals surface area contributed by atoms with Gasteiger partial charge < -0.3 is 4.74 Å². The number of nitrogens with zero attached hydrogens (tertiary/aromatic N) is 1. The van der Waals surface area contributed by atoms with E-state index in [1.807, 2.05) is 25.7 Å². The van der Waals surface area contributed by atoms with Crippen LogP contribution in [0.4, 0.5) is 10.5 Å². The van der Waals surface area contributed by atoms with Crippen LogP contribution < -0.4 is 4.90 Å². The topological polar surface area (TPSA) is 29.5 Å². The van der Waals surface area contributed by atoms with Gasteiger partial charge in [-0.1, -0.05) is 29.8 Å². The zero-order valence-electron chi connectivity index (χ0n) is 14.4. The van der Waals surface area contributed by atoms with Crippen LogP contribution in [0.5, 0.6) is 0 Å². The van der Waals surface area contributed by atoms with E-state index in [-0.39, 0.29) is 12.1 Å². The van der Waals surface area contributed by atoms with E-state index in [0.717, 1.165) is 28.6 Å². The van der Waals surface area contributed by atoms with Crippen molar-refractivity contribution in [1.82, 2.24) is 0 Å². The molecule has 0 N–H and O–H groups in total. The Bertz CT molecular complexity index is 575. The molecule has 2 rings (SSSR count). The number of hydrogen-bond donors (Lipinski definition) is 0. The van der Waals surface area contributed by atoms with Crippen molar-refractivity contribution in [3.05, 3.63) is 27.7 Å². The second-order valence-electron chi connectivity index (χ2n) is 7.43. The van der Waals surface area contributed by atoms with Crippen LogP contribution in [0.25, 0.3) is 0 Å². The van der Waals surface area contributed by atoms with Crippen molar-refractivity contribution >= 4 is 27.7 Å². The van der Waals surface area contributed by atoms with E-state index in [1.54, 1.807) is 0 Å². The zero-order valence-corrected chi connectivity index (χ0v) is 16.0. The average Bonchev–Trinajstić information content (AvgIpc) is 2.34. The molecule has 0 aliphatic carbocycles. The first kappa shape index (κ1) is 17.3. The van der Waals surface area contributed by atoms with E-state index in [2.05, 4.69) is 48.8 Å². The molecule has 1 atom stereocenters. The predicted molar refractivity (Wildman–Crippen MR) is 94.5 cm³/mol. The van der Waals surface area contributed by atoms with E-state index in [9.17, 15) is 4.79 Å². The van der Waals surface area contributed by atoms with Gasteiger partial charge in [0.15, 0.2) is 0 Å². The van der Waals surface area contributed by atoms with Gasteiger partial charge in [-0.25, -0.2) is 4.79 Å². The van der Waals surface area contributed by atoms with E-state index < -0.39 is 5.60 Å². The number of halogens is 1. The monoisotopic (exact) mass is 367 g/mol. The van der Waals surface area contributed by atoms with Crippen LogP contribution in [0, 0.1) is 12.8 Å². The fraction of sp³-hybridized carbons (Fsp3) is 0.611. The van der Waals surface area contributed by atoms with Crippen molar-refractivity contribution in [1.29, 1.82) is 0 Å². The zero-order chi connectivity index (χ0) is 16.7. The molecule has 1 aliphatic heterocycles. The van der Waals surface area contributed by atoms with Gasteiger partial charge in [0.1, 0.15) is 5.60 Å². The fourth-order valence-electron chi connectivity index (χ4n) is 3.11. The number of amides is 1. The number of hydrogen-bond acceptors (Lipinski definition) is 2. The van der Waals surface area contributed by atoms with Gasteiger partial charge in [-0.05, 0) is 69.7 Å². The van der Waals surface area contributed by atoms with Gasteiger partial charge in [-0.3, -0.25) is 4.90 Å². The molecule has 0 saturated heterocycles. The first-order valence-electron chi connectivity index (χ1n) is 7.91. The Hall–Kier alpha value is -1.03. The molecular formula is C18H26BrNO2. The summed E-state index contributed by atoms with van der Waals surface area (Å²) in [7, 11) is 0. The van der Waals surface area contributed by atoms with Crippen molar-refractivity contribution < 1.29 is 9.53 Å². The van der Waals surface area contributed by atoms with Gasteiger partial charge in [0.2, 0.25) is 0 Å². The van der Waals surface area contributed by atoms with Gasteiger partial charge in [0.25, 0.3) is 0 Å². The Kier molecular flexibility index (Phi) is 4.90. The van der Waals surface area contributed by atoms with Crippen molar-refractivity contribution in [2.75, 3.05) is 4.90 Å². The lowest BCUT2D eigenvalue weighted by molar-refractivity contribution is 0.0550. The van der Waals surface area contributed by atoms with Gasteiger partial charge in [0.05, 0.1) is 5.69 Å². The first-order chi connectivity index (χ1) is 10.1. The summed E-state index contributed by atoms with van der Waals surface area (Å²) in [6, 6.07) is 4.37. The number of benzene rings is 1. The Morgan fingerprint density at radius 1 is 1.36 bits per heavy atom. The van der Waals surface area contributed by atoms with Crippen molar-refractivity contribution in [3.63, 3.8) is 0 Å². The van der Waals surface area contributed by atoms with Crippen LogP contribution in [0.3, 0.4) is 0 Å². The van der Waals surface area contributed by atoms with Crippen LogP contribution in [0.15, 0.2) is 16.6 Å². The number of ether oxygens (including phenoxy) is 1. The normalized spacial score (nSPS) is 18.4. The average molecular weight is 368 g/mol. The molecule has 3 nitrogen and oxygen atoms in total. The molecule has 1 aromatic rings. The number of fused-ring (bicyclic) bond motifs is 1. The molecular weight excluding hydrogens is 342 g/mol. The molecule has 1 aliphatic rings. The molecule has 0 aromatic heterocycles. The molecule has 0 fully saturated rings. The molecule has 122 valence electrons. The lowest BCUT2D eigenvalue weighted by atomic mass is 9.88. The van der Waals surface area contributed by atoms with Crippen LogP contribution in [-0.4, -0.2) is 17.7 Å². The minimum Gasteiger partial charge on any atom is -0.443 e. The quantitative estimate of drug-likeness (QED) is 0.658. The highest BCUT2D eigenvalue weighted by Gasteiger charge is 2.36. The number of carbonyl (C=O) groups excluding carboxylic acids is 1. The molecule has 1 unspecified atom stereocenters. The highest BCUT2D eigenvalue weighted by Crippen LogP contribution is 2.38. The Morgan fingerprint density at radius 2 is 2.00 bits per heavy atom. The standard InChI is InChI=1S/C18H26BrNO2/c1-11(2)15-8-7-13-10-14(19)9-12(3)16(13)20(15)17(21)22-18(4,5)6/h9-11,15H,7-8H2,1-6H3. The van der Waals surface area contributed by atoms with E-state index in [1.165, 1.54) is 5.56 Å². The Morgan fingerprint density at radius 3 is 2.55 bits per heavy atom. The Balaban J connectivity index is 2.49. The second-order valence-corrected chi connectivity index (χ2v) is 8.35. The number of anilines is 1. The molecule has 0 radical (unpaired) electrons. The molecule has 1 amide bonds. The highest BCUT2D eigenvalue weighted by molar-refractivity contribution is 9.10. The molecule has 0 bridgehead atoms. The molecule has 22 heavy (non-hydrogen) atoms. The minimum absolute atomic E-state index is 0.183. The number of aryl methyl sites for hydroxylation is 2. The second kappa shape index (κ2) is 6.23. The summed E-state index contributed by atoms with van der Waals surface area (Å²) < 4.78 is 6.74. The summed E-state index contributed by atoms with van der Waals surface area (Å²) in [4.78, 5) is 14.7. The fourth-order valence-corrected chi connectivity index (χ4v) is 3.73. The maximum absolute atomic E-state index is 12.8. The summed E-state index contributed by atoms with van der Waals surface area (Å²) in [5.41, 5.74) is 2.87. The van der Waals surface area contributed by atoms with Gasteiger partial charge in [0, 0.05) is 10.5 Å². The SMILES string of the molecule is Cc1cc(Br)cc2c1N(C(=O)OC(C)(C)C)C(C(C)C)CC2. The summed E-state index contributed by atoms with van der Waals surface area (Å²) >= 11 is 3.56. The summed E-state index contributed by atoms with van der Waals surface area (Å²) in [5, 5.41) is 0. The van der Waals surface area contributed by atoms with Crippen LogP contribution >= 0.6 is 15.9 Å². The smallest absolute Gasteiger partial charge is 0.415 e. The van der Waals surface area contributed by atoms with Gasteiger partial charge in [-0.2, -0.15) is 0 Å². The van der Waals surface area contributed by atoms with E-state index in [4.69, 9.17) is 4.74 Å². The lowest BCUT2D eigenvalue weighted by Gasteiger charge is -2.41. The molecule has 0 saturated carbocycles. The van der Waals surface area contributed by atoms with Crippen molar-refractivity contribution in [2.24, 2.45) is 5.92 Å². The summed E-state index contributed by atoms with van der Waals surface area (Å²) in [6.45, 7) is 12.1. The molecule has 4 heteroatoms. The van der Waals surface area contributed by atoms with Crippen LogP contribution in [-0.2, 0) is 11.2 Å².